The van der Waals surface area contributed by atoms with E-state index in [0.29, 0.717) is 5.82 Å². The molecule has 3 saturated heterocycles. The standard InChI is InChI=1S/C45H53N11O3/c46-43-41-42(34-7-13-39(14-8-34)59-38-5-2-1-3-6-38)50-56(44(41)48-32-47-43)37-17-24-53(25-18-37)31-33-15-22-51(23-16-33)20-4-21-52-27-29-54(30-28-52)35-9-11-36(12-10-35)55-26-19-40(57)49-45(55)58/h1-3,5-14,19,26,32-33,37H,4,15-18,20-25,27-31H2,(H2,46,47,48)(H,49,57,58). The number of nitrogens with one attached hydrogen (secondary N) is 1. The Bertz CT molecular complexity index is 2420. The van der Waals surface area contributed by atoms with E-state index in [9.17, 15) is 9.59 Å². The van der Waals surface area contributed by atoms with Crippen LogP contribution in [0.2, 0.25) is 0 Å². The summed E-state index contributed by atoms with van der Waals surface area (Å²) in [6.45, 7) is 12.1. The topological polar surface area (TPSA) is 147 Å². The molecule has 3 aromatic heterocycles. The van der Waals surface area contributed by atoms with Crippen LogP contribution >= 0.6 is 0 Å². The molecule has 0 aliphatic carbocycles. The average molecular weight is 796 g/mol. The molecule has 14 heteroatoms. The summed E-state index contributed by atoms with van der Waals surface area (Å²) in [5.74, 6) is 2.77. The van der Waals surface area contributed by atoms with E-state index in [0.717, 1.165) is 110 Å². The van der Waals surface area contributed by atoms with Gasteiger partial charge < -0.3 is 25.2 Å². The summed E-state index contributed by atoms with van der Waals surface area (Å²) in [6, 6.07) is 27.4. The van der Waals surface area contributed by atoms with Crippen LogP contribution in [0.25, 0.3) is 28.0 Å². The molecular formula is C45H53N11O3. The van der Waals surface area contributed by atoms with E-state index in [1.807, 2.05) is 66.7 Å². The Morgan fingerprint density at radius 3 is 2.07 bits per heavy atom. The second-order valence-corrected chi connectivity index (χ2v) is 16.2. The number of nitrogen functional groups attached to an aromatic ring is 1. The number of nitrogens with two attached hydrogens (primary N) is 1. The molecule has 3 aromatic carbocycles. The number of hydrogen-bond acceptors (Lipinski definition) is 11. The highest BCUT2D eigenvalue weighted by Gasteiger charge is 2.28. The summed E-state index contributed by atoms with van der Waals surface area (Å²) in [4.78, 5) is 45.2. The van der Waals surface area contributed by atoms with Gasteiger partial charge in [-0.1, -0.05) is 18.2 Å². The minimum absolute atomic E-state index is 0.261. The van der Waals surface area contributed by atoms with Gasteiger partial charge in [0.05, 0.1) is 17.1 Å². The number of rotatable bonds is 12. The largest absolute Gasteiger partial charge is 0.457 e. The van der Waals surface area contributed by atoms with Gasteiger partial charge in [0.2, 0.25) is 0 Å². The molecule has 0 bridgehead atoms. The van der Waals surface area contributed by atoms with E-state index in [4.69, 9.17) is 15.6 Å². The second kappa shape index (κ2) is 17.6. The molecule has 3 aliphatic rings. The van der Waals surface area contributed by atoms with Gasteiger partial charge in [-0.2, -0.15) is 5.10 Å². The fourth-order valence-corrected chi connectivity index (χ4v) is 9.05. The van der Waals surface area contributed by atoms with Crippen molar-refractivity contribution in [3.8, 4) is 28.4 Å². The Morgan fingerprint density at radius 2 is 1.36 bits per heavy atom. The van der Waals surface area contributed by atoms with Crippen molar-refractivity contribution in [3.63, 3.8) is 0 Å². The number of benzene rings is 3. The quantitative estimate of drug-likeness (QED) is 0.167. The second-order valence-electron chi connectivity index (χ2n) is 16.2. The van der Waals surface area contributed by atoms with Crippen molar-refractivity contribution in [1.29, 1.82) is 0 Å². The molecule has 306 valence electrons. The normalized spacial score (nSPS) is 17.8. The molecule has 59 heavy (non-hydrogen) atoms. The van der Waals surface area contributed by atoms with Gasteiger partial charge in [0, 0.05) is 69.3 Å². The molecule has 14 nitrogen and oxygen atoms in total. The SMILES string of the molecule is Nc1ncnc2c1c(-c1ccc(Oc3ccccc3)cc1)nn2C1CCN(CC2CCN(CCCN3CCN(c4ccc(-n5ccc(=O)[nH]c5=O)cc4)CC3)CC2)CC1. The number of piperazine rings is 1. The molecule has 3 aliphatic heterocycles. The maximum Gasteiger partial charge on any atom is 0.332 e. The van der Waals surface area contributed by atoms with Crippen molar-refractivity contribution >= 4 is 22.5 Å². The highest BCUT2D eigenvalue weighted by molar-refractivity contribution is 5.98. The van der Waals surface area contributed by atoms with Gasteiger partial charge in [0.1, 0.15) is 29.3 Å². The molecule has 3 N–H and O–H groups in total. The third-order valence-corrected chi connectivity index (χ3v) is 12.4. The third-order valence-electron chi connectivity index (χ3n) is 12.4. The van der Waals surface area contributed by atoms with Crippen LogP contribution < -0.4 is 26.6 Å². The average Bonchev–Trinajstić information content (AvgIpc) is 3.67. The fourth-order valence-electron chi connectivity index (χ4n) is 9.05. The molecule has 0 saturated carbocycles. The van der Waals surface area contributed by atoms with Crippen molar-refractivity contribution in [2.75, 3.05) is 82.6 Å². The number of anilines is 2. The Hall–Kier alpha value is -5.83. The van der Waals surface area contributed by atoms with Crippen molar-refractivity contribution in [2.24, 2.45) is 5.92 Å². The van der Waals surface area contributed by atoms with Crippen LogP contribution in [0.4, 0.5) is 11.5 Å². The van der Waals surface area contributed by atoms with Crippen LogP contribution in [0, 0.1) is 5.92 Å². The number of likely N-dealkylation sites (tertiary alicyclic amines) is 2. The number of ether oxygens (including phenoxy) is 1. The van der Waals surface area contributed by atoms with E-state index in [-0.39, 0.29) is 11.6 Å². The monoisotopic (exact) mass is 795 g/mol. The smallest absolute Gasteiger partial charge is 0.332 e. The number of fused-ring (bicyclic) bond motifs is 1. The Morgan fingerprint density at radius 1 is 0.695 bits per heavy atom. The molecule has 0 atom stereocenters. The lowest BCUT2D eigenvalue weighted by Gasteiger charge is -2.38. The van der Waals surface area contributed by atoms with Crippen LogP contribution in [0.1, 0.15) is 38.1 Å². The lowest BCUT2D eigenvalue weighted by Crippen LogP contribution is -2.47. The molecule has 0 radical (unpaired) electrons. The number of H-pyrrole nitrogens is 1. The van der Waals surface area contributed by atoms with E-state index in [1.165, 1.54) is 62.3 Å². The first-order chi connectivity index (χ1) is 28.9. The summed E-state index contributed by atoms with van der Waals surface area (Å²) in [5.41, 5.74) is 10.1. The lowest BCUT2D eigenvalue weighted by molar-refractivity contribution is 0.115. The molecule has 3 fully saturated rings. The number of para-hydroxylation sites is 1. The predicted octanol–water partition coefficient (Wildman–Crippen LogP) is 5.27. The zero-order chi connectivity index (χ0) is 40.1. The first kappa shape index (κ1) is 38.7. The van der Waals surface area contributed by atoms with E-state index in [2.05, 4.69) is 51.4 Å². The zero-order valence-corrected chi connectivity index (χ0v) is 33.5. The van der Waals surface area contributed by atoms with E-state index in [1.54, 1.807) is 6.33 Å². The van der Waals surface area contributed by atoms with E-state index >= 15 is 0 Å². The molecule has 0 amide bonds. The lowest BCUT2D eigenvalue weighted by atomic mass is 9.94. The molecular weight excluding hydrogens is 743 g/mol. The number of hydrogen-bond donors (Lipinski definition) is 2. The van der Waals surface area contributed by atoms with Gasteiger partial charge in [0.15, 0.2) is 5.65 Å². The van der Waals surface area contributed by atoms with Crippen molar-refractivity contribution in [1.82, 2.24) is 44.0 Å². The number of aromatic nitrogens is 6. The highest BCUT2D eigenvalue weighted by Crippen LogP contribution is 2.35. The molecule has 6 aromatic rings. The Labute approximate surface area is 343 Å². The summed E-state index contributed by atoms with van der Waals surface area (Å²) in [6.07, 6.45) is 8.87. The summed E-state index contributed by atoms with van der Waals surface area (Å²) in [7, 11) is 0. The van der Waals surface area contributed by atoms with Crippen LogP contribution in [0.5, 0.6) is 11.5 Å². The first-order valence-electron chi connectivity index (χ1n) is 21.1. The van der Waals surface area contributed by atoms with Gasteiger partial charge in [-0.15, -0.1) is 0 Å². The van der Waals surface area contributed by atoms with Gasteiger partial charge >= 0.3 is 5.69 Å². The Kier molecular flexibility index (Phi) is 11.5. The fraction of sp³-hybridized carbons (Fsp3) is 0.400. The minimum atomic E-state index is -0.427. The Balaban J connectivity index is 0.700. The van der Waals surface area contributed by atoms with Gasteiger partial charge in [0.25, 0.3) is 5.56 Å². The third kappa shape index (κ3) is 8.94. The van der Waals surface area contributed by atoms with Gasteiger partial charge in [-0.3, -0.25) is 19.2 Å². The van der Waals surface area contributed by atoms with Crippen LogP contribution in [0.3, 0.4) is 0 Å². The van der Waals surface area contributed by atoms with Crippen molar-refractivity contribution in [3.05, 3.63) is 118 Å². The van der Waals surface area contributed by atoms with Crippen molar-refractivity contribution in [2.45, 2.75) is 38.1 Å². The van der Waals surface area contributed by atoms with Crippen LogP contribution in [-0.2, 0) is 0 Å². The summed E-state index contributed by atoms with van der Waals surface area (Å²) >= 11 is 0. The maximum atomic E-state index is 12.2. The molecule has 0 unspecified atom stereocenters. The molecule has 9 rings (SSSR count). The zero-order valence-electron chi connectivity index (χ0n) is 33.5. The number of nitrogens with zero attached hydrogens (tertiary/aromatic N) is 9. The van der Waals surface area contributed by atoms with E-state index < -0.39 is 5.69 Å². The van der Waals surface area contributed by atoms with Gasteiger partial charge in [-0.05, 0) is 125 Å². The van der Waals surface area contributed by atoms with Crippen LogP contribution in [0.15, 0.2) is 107 Å². The van der Waals surface area contributed by atoms with Gasteiger partial charge in [-0.25, -0.2) is 19.4 Å². The maximum absolute atomic E-state index is 12.2. The predicted molar refractivity (Wildman–Crippen MR) is 231 cm³/mol. The summed E-state index contributed by atoms with van der Waals surface area (Å²) in [5, 5.41) is 5.95. The first-order valence-corrected chi connectivity index (χ1v) is 21.1. The number of aromatic amines is 1. The minimum Gasteiger partial charge on any atom is -0.457 e. The molecule has 6 heterocycles. The number of piperidine rings is 2. The summed E-state index contributed by atoms with van der Waals surface area (Å²) < 4.78 is 9.58. The van der Waals surface area contributed by atoms with Crippen LogP contribution in [-0.4, -0.2) is 116 Å². The molecule has 0 spiro atoms. The van der Waals surface area contributed by atoms with Crippen molar-refractivity contribution < 1.29 is 4.74 Å². The highest BCUT2D eigenvalue weighted by atomic mass is 16.5.